The van der Waals surface area contributed by atoms with Crippen LogP contribution >= 0.6 is 23.4 Å². The average Bonchev–Trinajstić information content (AvgIpc) is 3.51. The van der Waals surface area contributed by atoms with E-state index in [9.17, 15) is 14.4 Å². The monoisotopic (exact) mass is 483 g/mol. The van der Waals surface area contributed by atoms with Crippen LogP contribution in [0.3, 0.4) is 0 Å². The number of carboxylic acid groups (broad SMARTS) is 1. The summed E-state index contributed by atoms with van der Waals surface area (Å²) in [5.41, 5.74) is 1.42. The number of hydrogen-bond donors (Lipinski definition) is 1. The molecule has 33 heavy (non-hydrogen) atoms. The Morgan fingerprint density at radius 3 is 2.55 bits per heavy atom. The molecule has 3 heterocycles. The number of furan rings is 1. The van der Waals surface area contributed by atoms with Gasteiger partial charge in [0.15, 0.2) is 11.5 Å². The molecule has 2 amide bonds. The van der Waals surface area contributed by atoms with Crippen molar-refractivity contribution in [2.75, 3.05) is 6.79 Å². The molecule has 166 valence electrons. The molecule has 0 unspecified atom stereocenters. The second kappa shape index (κ2) is 8.34. The molecule has 1 N–H and O–H groups in total. The van der Waals surface area contributed by atoms with E-state index in [1.54, 1.807) is 36.4 Å². The summed E-state index contributed by atoms with van der Waals surface area (Å²) in [6.45, 7) is 0.0884. The van der Waals surface area contributed by atoms with Crippen molar-refractivity contribution in [3.8, 4) is 22.8 Å². The number of rotatable bonds is 5. The Bertz CT molecular complexity index is 1330. The highest BCUT2D eigenvalue weighted by molar-refractivity contribution is 8.18. The number of carboxylic acids is 1. The molecule has 0 bridgehead atoms. The van der Waals surface area contributed by atoms with Crippen LogP contribution in [0.25, 0.3) is 17.4 Å². The molecule has 10 heteroatoms. The molecule has 0 aliphatic carbocycles. The lowest BCUT2D eigenvalue weighted by molar-refractivity contribution is -0.123. The fourth-order valence-electron chi connectivity index (χ4n) is 3.38. The van der Waals surface area contributed by atoms with Gasteiger partial charge in [-0.1, -0.05) is 23.7 Å². The Hall–Kier alpha value is -3.69. The summed E-state index contributed by atoms with van der Waals surface area (Å²) >= 11 is 7.09. The van der Waals surface area contributed by atoms with Crippen LogP contribution in [0.5, 0.6) is 11.5 Å². The highest BCUT2D eigenvalue weighted by atomic mass is 35.5. The van der Waals surface area contributed by atoms with Crippen LogP contribution in [0, 0.1) is 0 Å². The first-order valence-corrected chi connectivity index (χ1v) is 10.9. The fourth-order valence-corrected chi connectivity index (χ4v) is 4.41. The summed E-state index contributed by atoms with van der Waals surface area (Å²) in [4.78, 5) is 37.7. The van der Waals surface area contributed by atoms with Gasteiger partial charge in [0, 0.05) is 22.7 Å². The number of ether oxygens (including phenoxy) is 2. The molecule has 8 nitrogen and oxygen atoms in total. The van der Waals surface area contributed by atoms with Crippen molar-refractivity contribution in [2.45, 2.75) is 6.54 Å². The topological polar surface area (TPSA) is 106 Å². The summed E-state index contributed by atoms with van der Waals surface area (Å²) in [7, 11) is 0. The van der Waals surface area contributed by atoms with Gasteiger partial charge >= 0.3 is 5.97 Å². The molecular weight excluding hydrogens is 470 g/mol. The maximum absolute atomic E-state index is 12.9. The lowest BCUT2D eigenvalue weighted by atomic mass is 10.1. The summed E-state index contributed by atoms with van der Waals surface area (Å²) in [6.07, 6.45) is 1.50. The first kappa shape index (κ1) is 21.2. The number of nitrogens with zero attached hydrogens (tertiary/aromatic N) is 1. The lowest BCUT2D eigenvalue weighted by Crippen LogP contribution is -2.27. The summed E-state index contributed by atoms with van der Waals surface area (Å²) < 4.78 is 16.4. The van der Waals surface area contributed by atoms with Crippen molar-refractivity contribution >= 4 is 46.6 Å². The highest BCUT2D eigenvalue weighted by Crippen LogP contribution is 2.39. The zero-order valence-corrected chi connectivity index (χ0v) is 18.3. The third kappa shape index (κ3) is 4.08. The maximum atomic E-state index is 12.9. The Kier molecular flexibility index (Phi) is 5.35. The van der Waals surface area contributed by atoms with Crippen LogP contribution in [0.4, 0.5) is 4.79 Å². The van der Waals surface area contributed by atoms with Gasteiger partial charge in [0.25, 0.3) is 11.1 Å². The van der Waals surface area contributed by atoms with Crippen molar-refractivity contribution in [1.82, 2.24) is 4.90 Å². The molecule has 1 aromatic heterocycles. The molecule has 2 aliphatic rings. The van der Waals surface area contributed by atoms with E-state index in [1.807, 2.05) is 0 Å². The third-order valence-corrected chi connectivity index (χ3v) is 6.32. The minimum absolute atomic E-state index is 0.00316. The van der Waals surface area contributed by atoms with Crippen molar-refractivity contribution in [1.29, 1.82) is 0 Å². The first-order valence-electron chi connectivity index (χ1n) is 9.66. The van der Waals surface area contributed by atoms with Gasteiger partial charge in [-0.15, -0.1) is 0 Å². The Morgan fingerprint density at radius 1 is 1.09 bits per heavy atom. The Morgan fingerprint density at radius 2 is 1.82 bits per heavy atom. The number of carbonyl (C=O) groups excluding carboxylic acids is 2. The number of hydrogen-bond acceptors (Lipinski definition) is 7. The van der Waals surface area contributed by atoms with E-state index in [0.717, 1.165) is 16.7 Å². The van der Waals surface area contributed by atoms with Gasteiger partial charge in [-0.3, -0.25) is 14.5 Å². The fraction of sp³-hybridized carbons (Fsp3) is 0.0870. The normalized spacial score (nSPS) is 16.2. The van der Waals surface area contributed by atoms with E-state index < -0.39 is 17.1 Å². The predicted octanol–water partition coefficient (Wildman–Crippen LogP) is 5.26. The lowest BCUT2D eigenvalue weighted by Gasteiger charge is -2.14. The molecule has 0 atom stereocenters. The third-order valence-electron chi connectivity index (χ3n) is 5.06. The van der Waals surface area contributed by atoms with Gasteiger partial charge in [-0.05, 0) is 47.7 Å². The van der Waals surface area contributed by atoms with Crippen LogP contribution < -0.4 is 9.47 Å². The van der Waals surface area contributed by atoms with Crippen LogP contribution in [-0.4, -0.2) is 33.9 Å². The Balaban J connectivity index is 1.34. The average molecular weight is 484 g/mol. The van der Waals surface area contributed by atoms with E-state index in [2.05, 4.69) is 0 Å². The number of halogens is 1. The zero-order chi connectivity index (χ0) is 23.1. The SMILES string of the molecule is O=C(O)c1ccc(-c2ccc(/C=C3\SC(=O)N(Cc4cc5c(cc4Cl)OCO5)C3=O)o2)cc1. The number of aromatic carboxylic acids is 1. The number of carbonyl (C=O) groups is 3. The molecule has 1 saturated heterocycles. The first-order chi connectivity index (χ1) is 15.9. The summed E-state index contributed by atoms with van der Waals surface area (Å²) in [5.74, 6) is 0.450. The molecule has 2 aliphatic heterocycles. The summed E-state index contributed by atoms with van der Waals surface area (Å²) in [6, 6.07) is 12.9. The molecule has 1 fully saturated rings. The van der Waals surface area contributed by atoms with E-state index >= 15 is 0 Å². The number of fused-ring (bicyclic) bond motifs is 1. The van der Waals surface area contributed by atoms with E-state index in [4.69, 9.17) is 30.6 Å². The van der Waals surface area contributed by atoms with Gasteiger partial charge in [-0.25, -0.2) is 4.79 Å². The highest BCUT2D eigenvalue weighted by Gasteiger charge is 2.36. The van der Waals surface area contributed by atoms with Gasteiger partial charge in [0.1, 0.15) is 11.5 Å². The van der Waals surface area contributed by atoms with Crippen LogP contribution in [-0.2, 0) is 11.3 Å². The number of benzene rings is 2. The van der Waals surface area contributed by atoms with Crippen LogP contribution in [0.1, 0.15) is 21.7 Å². The predicted molar refractivity (Wildman–Crippen MR) is 120 cm³/mol. The van der Waals surface area contributed by atoms with E-state index in [1.165, 1.54) is 18.2 Å². The van der Waals surface area contributed by atoms with Gasteiger partial charge < -0.3 is 19.0 Å². The zero-order valence-electron chi connectivity index (χ0n) is 16.7. The smallest absolute Gasteiger partial charge is 0.335 e. The van der Waals surface area contributed by atoms with E-state index in [0.29, 0.717) is 39.2 Å². The number of amides is 2. The number of imide groups is 1. The largest absolute Gasteiger partial charge is 0.478 e. The van der Waals surface area contributed by atoms with Gasteiger partial charge in [-0.2, -0.15) is 0 Å². The minimum atomic E-state index is -1.01. The maximum Gasteiger partial charge on any atom is 0.335 e. The standard InChI is InChI=1S/C23H14ClNO7S/c24-16-9-19-18(30-11-31-19)7-14(16)10-25-21(26)20(33-23(25)29)8-15-5-6-17(32-15)12-1-3-13(4-2-12)22(27)28/h1-9H,10-11H2,(H,27,28)/b20-8-. The molecule has 0 radical (unpaired) electrons. The molecule has 3 aromatic rings. The van der Waals surface area contributed by atoms with Crippen molar-refractivity contribution in [2.24, 2.45) is 0 Å². The van der Waals surface area contributed by atoms with Crippen LogP contribution in [0.2, 0.25) is 5.02 Å². The van der Waals surface area contributed by atoms with Gasteiger partial charge in [0.05, 0.1) is 17.0 Å². The van der Waals surface area contributed by atoms with E-state index in [-0.39, 0.29) is 23.8 Å². The van der Waals surface area contributed by atoms with Crippen molar-refractivity contribution in [3.05, 3.63) is 75.3 Å². The molecule has 2 aromatic carbocycles. The second-order valence-corrected chi connectivity index (χ2v) is 8.55. The molecular formula is C23H14ClNO7S. The molecule has 0 spiro atoms. The van der Waals surface area contributed by atoms with Crippen molar-refractivity contribution in [3.63, 3.8) is 0 Å². The summed E-state index contributed by atoms with van der Waals surface area (Å²) in [5, 5.41) is 8.96. The quantitative estimate of drug-likeness (QED) is 0.489. The van der Waals surface area contributed by atoms with Gasteiger partial charge in [0.2, 0.25) is 6.79 Å². The molecule has 5 rings (SSSR count). The Labute approximate surface area is 196 Å². The molecule has 0 saturated carbocycles. The van der Waals surface area contributed by atoms with Crippen LogP contribution in [0.15, 0.2) is 57.9 Å². The second-order valence-electron chi connectivity index (χ2n) is 7.15. The minimum Gasteiger partial charge on any atom is -0.478 e. The van der Waals surface area contributed by atoms with Crippen molar-refractivity contribution < 1.29 is 33.4 Å². The number of thioether (sulfide) groups is 1.